The first-order chi connectivity index (χ1) is 9.74. The van der Waals surface area contributed by atoms with Crippen LogP contribution in [0.2, 0.25) is 0 Å². The molecule has 0 amide bonds. The first-order valence-corrected chi connectivity index (χ1v) is 7.15. The van der Waals surface area contributed by atoms with Crippen molar-refractivity contribution >= 4 is 38.9 Å². The van der Waals surface area contributed by atoms with Crippen LogP contribution < -0.4 is 0 Å². The highest BCUT2D eigenvalue weighted by atomic mass is 79.9. The summed E-state index contributed by atoms with van der Waals surface area (Å²) in [5, 5.41) is 0.740. The van der Waals surface area contributed by atoms with Crippen molar-refractivity contribution < 1.29 is 19.1 Å². The number of nitrogens with zero attached hydrogens (tertiary/aromatic N) is 1. The molecule has 1 aromatic heterocycles. The highest BCUT2D eigenvalue weighted by Crippen LogP contribution is 2.30. The fourth-order valence-corrected chi connectivity index (χ4v) is 2.50. The smallest absolute Gasteiger partial charge is 0.419 e. The van der Waals surface area contributed by atoms with Gasteiger partial charge in [0, 0.05) is 16.1 Å². The summed E-state index contributed by atoms with van der Waals surface area (Å²) in [4.78, 5) is 24.2. The molecule has 0 unspecified atom stereocenters. The molecule has 0 aliphatic rings. The van der Waals surface area contributed by atoms with E-state index in [0.29, 0.717) is 15.6 Å². The van der Waals surface area contributed by atoms with Gasteiger partial charge in [-0.15, -0.1) is 0 Å². The number of rotatable bonds is 1. The number of hydrogen-bond donors (Lipinski definition) is 0. The second-order valence-electron chi connectivity index (χ2n) is 5.52. The highest BCUT2D eigenvalue weighted by molar-refractivity contribution is 9.10. The summed E-state index contributed by atoms with van der Waals surface area (Å²) in [5.74, 6) is -0.504. The molecule has 112 valence electrons. The van der Waals surface area contributed by atoms with Crippen molar-refractivity contribution in [1.82, 2.24) is 4.57 Å². The standard InChI is InChI=1S/C15H16BrNO4/c1-15(2,3)21-14(19)17-8-11(16)9-6-5-7-10(12(9)17)13(18)20-4/h5-8H,1-4H3. The maximum absolute atomic E-state index is 12.3. The summed E-state index contributed by atoms with van der Waals surface area (Å²) < 4.78 is 12.2. The van der Waals surface area contributed by atoms with Gasteiger partial charge in [0.1, 0.15) is 5.60 Å². The minimum Gasteiger partial charge on any atom is -0.465 e. The number of esters is 1. The number of hydrogen-bond acceptors (Lipinski definition) is 4. The van der Waals surface area contributed by atoms with Crippen molar-refractivity contribution in [3.05, 3.63) is 34.4 Å². The number of benzene rings is 1. The van der Waals surface area contributed by atoms with E-state index in [1.54, 1.807) is 39.1 Å². The second-order valence-corrected chi connectivity index (χ2v) is 6.38. The van der Waals surface area contributed by atoms with Gasteiger partial charge in [0.05, 0.1) is 18.2 Å². The number of carbonyl (C=O) groups is 2. The summed E-state index contributed by atoms with van der Waals surface area (Å²) in [5.41, 5.74) is 0.150. The normalized spacial score (nSPS) is 11.5. The monoisotopic (exact) mass is 353 g/mol. The van der Waals surface area contributed by atoms with E-state index >= 15 is 0 Å². The van der Waals surface area contributed by atoms with E-state index in [0.717, 1.165) is 5.39 Å². The van der Waals surface area contributed by atoms with Gasteiger partial charge in [0.2, 0.25) is 0 Å². The van der Waals surface area contributed by atoms with Crippen molar-refractivity contribution in [3.8, 4) is 0 Å². The molecule has 0 atom stereocenters. The average Bonchev–Trinajstić information content (AvgIpc) is 2.74. The Hall–Kier alpha value is -1.82. The third-order valence-electron chi connectivity index (χ3n) is 2.77. The SMILES string of the molecule is COC(=O)c1cccc2c(Br)cn(C(=O)OC(C)(C)C)c12. The summed E-state index contributed by atoms with van der Waals surface area (Å²) in [6, 6.07) is 5.16. The predicted molar refractivity (Wildman–Crippen MR) is 82.6 cm³/mol. The van der Waals surface area contributed by atoms with E-state index in [1.165, 1.54) is 11.7 Å². The van der Waals surface area contributed by atoms with Crippen LogP contribution in [-0.4, -0.2) is 29.3 Å². The Labute approximate surface area is 131 Å². The molecule has 1 heterocycles. The molecule has 0 N–H and O–H groups in total. The molecule has 0 aliphatic heterocycles. The predicted octanol–water partition coefficient (Wildman–Crippen LogP) is 3.97. The molecule has 2 aromatic rings. The second kappa shape index (κ2) is 5.52. The van der Waals surface area contributed by atoms with Crippen LogP contribution >= 0.6 is 15.9 Å². The minimum absolute atomic E-state index is 0.312. The van der Waals surface area contributed by atoms with E-state index in [4.69, 9.17) is 9.47 Å². The number of methoxy groups -OCH3 is 1. The first-order valence-electron chi connectivity index (χ1n) is 6.36. The number of ether oxygens (including phenoxy) is 2. The molecule has 5 nitrogen and oxygen atoms in total. The lowest BCUT2D eigenvalue weighted by molar-refractivity contribution is 0.0544. The zero-order valence-electron chi connectivity index (χ0n) is 12.3. The van der Waals surface area contributed by atoms with Crippen LogP contribution in [0.3, 0.4) is 0 Å². The Morgan fingerprint density at radius 3 is 2.48 bits per heavy atom. The molecule has 0 saturated heterocycles. The maximum atomic E-state index is 12.3. The van der Waals surface area contributed by atoms with Crippen LogP contribution in [0.4, 0.5) is 4.79 Å². The maximum Gasteiger partial charge on any atom is 0.419 e. The molecule has 0 radical (unpaired) electrons. The molecule has 0 spiro atoms. The van der Waals surface area contributed by atoms with Gasteiger partial charge < -0.3 is 9.47 Å². The Bertz CT molecular complexity index is 712. The summed E-state index contributed by atoms with van der Waals surface area (Å²) in [6.45, 7) is 5.35. The van der Waals surface area contributed by atoms with Gasteiger partial charge in [-0.1, -0.05) is 12.1 Å². The molecular formula is C15H16BrNO4. The van der Waals surface area contributed by atoms with Gasteiger partial charge in [-0.05, 0) is 42.8 Å². The molecule has 2 rings (SSSR count). The lowest BCUT2D eigenvalue weighted by atomic mass is 10.1. The van der Waals surface area contributed by atoms with E-state index < -0.39 is 17.7 Å². The fourth-order valence-electron chi connectivity index (χ4n) is 1.97. The Morgan fingerprint density at radius 2 is 1.90 bits per heavy atom. The van der Waals surface area contributed by atoms with Gasteiger partial charge in [-0.2, -0.15) is 0 Å². The third-order valence-corrected chi connectivity index (χ3v) is 3.40. The molecular weight excluding hydrogens is 338 g/mol. The van der Waals surface area contributed by atoms with Crippen molar-refractivity contribution in [2.45, 2.75) is 26.4 Å². The van der Waals surface area contributed by atoms with Crippen molar-refractivity contribution in [1.29, 1.82) is 0 Å². The van der Waals surface area contributed by atoms with Gasteiger partial charge >= 0.3 is 12.1 Å². The molecule has 0 aliphatic carbocycles. The lowest BCUT2D eigenvalue weighted by Crippen LogP contribution is -2.27. The average molecular weight is 354 g/mol. The third kappa shape index (κ3) is 3.10. The quantitative estimate of drug-likeness (QED) is 0.727. The summed E-state index contributed by atoms with van der Waals surface area (Å²) >= 11 is 3.39. The van der Waals surface area contributed by atoms with Crippen molar-refractivity contribution in [3.63, 3.8) is 0 Å². The number of fused-ring (bicyclic) bond motifs is 1. The number of carbonyl (C=O) groups excluding carboxylic acids is 2. The zero-order valence-corrected chi connectivity index (χ0v) is 13.9. The Balaban J connectivity index is 2.64. The van der Waals surface area contributed by atoms with Crippen molar-refractivity contribution in [2.75, 3.05) is 7.11 Å². The molecule has 0 fully saturated rings. The molecule has 0 bridgehead atoms. The van der Waals surface area contributed by atoms with Gasteiger partial charge in [0.25, 0.3) is 0 Å². The Kier molecular flexibility index (Phi) is 4.09. The molecule has 0 saturated carbocycles. The first kappa shape index (κ1) is 15.6. The van der Waals surface area contributed by atoms with Gasteiger partial charge in [0.15, 0.2) is 0 Å². The zero-order chi connectivity index (χ0) is 15.8. The number of para-hydroxylation sites is 1. The molecule has 21 heavy (non-hydrogen) atoms. The lowest BCUT2D eigenvalue weighted by Gasteiger charge is -2.20. The van der Waals surface area contributed by atoms with Crippen molar-refractivity contribution in [2.24, 2.45) is 0 Å². The van der Waals surface area contributed by atoms with E-state index in [-0.39, 0.29) is 0 Å². The van der Waals surface area contributed by atoms with Crippen LogP contribution in [0.25, 0.3) is 10.9 Å². The van der Waals surface area contributed by atoms with Gasteiger partial charge in [-0.25, -0.2) is 9.59 Å². The van der Waals surface area contributed by atoms with Gasteiger partial charge in [-0.3, -0.25) is 4.57 Å². The minimum atomic E-state index is -0.625. The topological polar surface area (TPSA) is 57.5 Å². The fraction of sp³-hybridized carbons (Fsp3) is 0.333. The van der Waals surface area contributed by atoms with Crippen LogP contribution in [0.1, 0.15) is 31.1 Å². The molecule has 6 heteroatoms. The van der Waals surface area contributed by atoms with Crippen LogP contribution in [0, 0.1) is 0 Å². The van der Waals surface area contributed by atoms with Crippen LogP contribution in [0.15, 0.2) is 28.9 Å². The summed E-state index contributed by atoms with van der Waals surface area (Å²) in [7, 11) is 1.30. The Morgan fingerprint density at radius 1 is 1.24 bits per heavy atom. The number of aromatic nitrogens is 1. The van der Waals surface area contributed by atoms with Crippen LogP contribution in [-0.2, 0) is 9.47 Å². The highest BCUT2D eigenvalue weighted by Gasteiger charge is 2.23. The van der Waals surface area contributed by atoms with E-state index in [9.17, 15) is 9.59 Å². The van der Waals surface area contributed by atoms with E-state index in [2.05, 4.69) is 15.9 Å². The van der Waals surface area contributed by atoms with Crippen LogP contribution in [0.5, 0.6) is 0 Å². The summed E-state index contributed by atoms with van der Waals surface area (Å²) in [6.07, 6.45) is 1.04. The number of halogens is 1. The largest absolute Gasteiger partial charge is 0.465 e. The van der Waals surface area contributed by atoms with E-state index in [1.807, 2.05) is 6.07 Å². The molecule has 1 aromatic carbocycles.